The van der Waals surface area contributed by atoms with Gasteiger partial charge in [-0.05, 0) is 45.4 Å². The van der Waals surface area contributed by atoms with E-state index in [9.17, 15) is 0 Å². The van der Waals surface area contributed by atoms with Crippen LogP contribution in [0.2, 0.25) is 0 Å². The van der Waals surface area contributed by atoms with Gasteiger partial charge >= 0.3 is 0 Å². The third-order valence-corrected chi connectivity index (χ3v) is 5.52. The molecule has 0 bridgehead atoms. The predicted octanol–water partition coefficient (Wildman–Crippen LogP) is 2.64. The van der Waals surface area contributed by atoms with Crippen LogP contribution < -0.4 is 5.43 Å². The van der Waals surface area contributed by atoms with E-state index in [2.05, 4.69) is 29.3 Å². The van der Waals surface area contributed by atoms with E-state index in [-0.39, 0.29) is 0 Å². The van der Waals surface area contributed by atoms with E-state index in [0.717, 1.165) is 17.7 Å². The molecule has 2 aliphatic heterocycles. The number of piperidine rings is 1. The summed E-state index contributed by atoms with van der Waals surface area (Å²) in [6.07, 6.45) is 6.83. The molecule has 0 aromatic rings. The standard InChI is InChI=1S/C13H23N3S/c1-9-4-3-5-10(2)16(9)15-13-14-8-12(17-13)11-6-7-11/h9-12H,3-8H2,1-2H3,(H,14,15). The number of hydrogen-bond acceptors (Lipinski definition) is 4. The van der Waals surface area contributed by atoms with Crippen LogP contribution in [-0.2, 0) is 0 Å². The summed E-state index contributed by atoms with van der Waals surface area (Å²) < 4.78 is 0. The van der Waals surface area contributed by atoms with Gasteiger partial charge in [0.2, 0.25) is 0 Å². The number of nitrogens with one attached hydrogen (secondary N) is 1. The van der Waals surface area contributed by atoms with Gasteiger partial charge in [0.1, 0.15) is 0 Å². The van der Waals surface area contributed by atoms with Crippen LogP contribution in [0.5, 0.6) is 0 Å². The monoisotopic (exact) mass is 253 g/mol. The fourth-order valence-corrected chi connectivity index (χ4v) is 4.13. The lowest BCUT2D eigenvalue weighted by molar-refractivity contribution is 0.0753. The lowest BCUT2D eigenvalue weighted by Gasteiger charge is -2.39. The second-order valence-corrected chi connectivity index (χ2v) is 7.02. The summed E-state index contributed by atoms with van der Waals surface area (Å²) in [5.74, 6) is 0.958. The van der Waals surface area contributed by atoms with Gasteiger partial charge in [-0.2, -0.15) is 0 Å². The van der Waals surface area contributed by atoms with E-state index in [1.807, 2.05) is 11.8 Å². The normalized spacial score (nSPS) is 39.2. The fraction of sp³-hybridized carbons (Fsp3) is 0.923. The first kappa shape index (κ1) is 11.8. The van der Waals surface area contributed by atoms with E-state index in [1.165, 1.54) is 37.3 Å². The molecule has 1 saturated carbocycles. The van der Waals surface area contributed by atoms with Gasteiger partial charge in [0, 0.05) is 17.3 Å². The molecule has 3 nitrogen and oxygen atoms in total. The fourth-order valence-electron chi connectivity index (χ4n) is 2.92. The maximum Gasteiger partial charge on any atom is 0.171 e. The molecule has 0 amide bonds. The molecule has 0 aromatic heterocycles. The summed E-state index contributed by atoms with van der Waals surface area (Å²) in [7, 11) is 0. The Hall–Kier alpha value is -0.220. The molecule has 0 radical (unpaired) electrons. The van der Waals surface area contributed by atoms with Crippen LogP contribution in [0.25, 0.3) is 0 Å². The number of thioether (sulfide) groups is 1. The van der Waals surface area contributed by atoms with Crippen molar-refractivity contribution < 1.29 is 0 Å². The highest BCUT2D eigenvalue weighted by Gasteiger charge is 2.36. The first-order valence-corrected chi connectivity index (χ1v) is 7.88. The number of hydrogen-bond donors (Lipinski definition) is 1. The van der Waals surface area contributed by atoms with Crippen LogP contribution in [0, 0.1) is 5.92 Å². The van der Waals surface area contributed by atoms with Gasteiger partial charge in [-0.3, -0.25) is 10.4 Å². The third kappa shape index (κ3) is 2.63. The van der Waals surface area contributed by atoms with Crippen molar-refractivity contribution in [1.82, 2.24) is 10.4 Å². The molecule has 0 spiro atoms. The van der Waals surface area contributed by atoms with E-state index >= 15 is 0 Å². The Balaban J connectivity index is 1.55. The van der Waals surface area contributed by atoms with E-state index in [4.69, 9.17) is 0 Å². The molecule has 0 aromatic carbocycles. The van der Waals surface area contributed by atoms with Crippen LogP contribution in [0.3, 0.4) is 0 Å². The van der Waals surface area contributed by atoms with Crippen molar-refractivity contribution in [3.05, 3.63) is 0 Å². The molecule has 2 heterocycles. The Morgan fingerprint density at radius 3 is 2.53 bits per heavy atom. The summed E-state index contributed by atoms with van der Waals surface area (Å²) in [5.41, 5.74) is 3.58. The lowest BCUT2D eigenvalue weighted by atomic mass is 10.00. The maximum atomic E-state index is 4.67. The highest BCUT2D eigenvalue weighted by atomic mass is 32.2. The Labute approximate surface area is 108 Å². The molecule has 3 atom stereocenters. The first-order valence-electron chi connectivity index (χ1n) is 7.00. The Morgan fingerprint density at radius 2 is 1.88 bits per heavy atom. The van der Waals surface area contributed by atoms with Gasteiger partial charge in [0.15, 0.2) is 5.17 Å². The van der Waals surface area contributed by atoms with Crippen LogP contribution in [0.1, 0.15) is 46.0 Å². The largest absolute Gasteiger partial charge is 0.297 e. The summed E-state index contributed by atoms with van der Waals surface area (Å²) in [6.45, 7) is 5.68. The molecule has 1 N–H and O–H groups in total. The summed E-state index contributed by atoms with van der Waals surface area (Å²) in [6, 6.07) is 1.28. The molecular weight excluding hydrogens is 230 g/mol. The van der Waals surface area contributed by atoms with Crippen molar-refractivity contribution >= 4 is 16.9 Å². The Morgan fingerprint density at radius 1 is 1.18 bits per heavy atom. The molecule has 17 heavy (non-hydrogen) atoms. The molecule has 1 aliphatic carbocycles. The molecule has 3 aliphatic rings. The van der Waals surface area contributed by atoms with Gasteiger partial charge in [0.05, 0.1) is 6.54 Å². The highest BCUT2D eigenvalue weighted by molar-refractivity contribution is 8.14. The van der Waals surface area contributed by atoms with Gasteiger partial charge in [-0.15, -0.1) is 0 Å². The zero-order chi connectivity index (χ0) is 11.8. The zero-order valence-corrected chi connectivity index (χ0v) is 11.7. The topological polar surface area (TPSA) is 27.6 Å². The van der Waals surface area contributed by atoms with Crippen molar-refractivity contribution in [3.8, 4) is 0 Å². The van der Waals surface area contributed by atoms with Crippen LogP contribution in [-0.4, -0.2) is 34.1 Å². The molecule has 2 fully saturated rings. The van der Waals surface area contributed by atoms with Crippen LogP contribution in [0.15, 0.2) is 4.99 Å². The third-order valence-electron chi connectivity index (χ3n) is 4.24. The SMILES string of the molecule is CC1CCCC(C)N1NC1=NCC(C2CC2)S1. The van der Waals surface area contributed by atoms with Gasteiger partial charge < -0.3 is 0 Å². The van der Waals surface area contributed by atoms with Crippen molar-refractivity contribution in [2.45, 2.75) is 63.3 Å². The van der Waals surface area contributed by atoms with Crippen molar-refractivity contribution in [1.29, 1.82) is 0 Å². The first-order chi connectivity index (χ1) is 8.24. The molecule has 96 valence electrons. The summed E-state index contributed by atoms with van der Waals surface area (Å²) in [4.78, 5) is 4.67. The Bertz CT molecular complexity index is 304. The molecule has 4 heteroatoms. The lowest BCUT2D eigenvalue weighted by Crippen LogP contribution is -2.53. The quantitative estimate of drug-likeness (QED) is 0.820. The summed E-state index contributed by atoms with van der Waals surface area (Å²) in [5, 5.41) is 4.36. The molecular formula is C13H23N3S. The minimum absolute atomic E-state index is 0.641. The number of nitrogens with zero attached hydrogens (tertiary/aromatic N) is 2. The minimum atomic E-state index is 0.641. The van der Waals surface area contributed by atoms with E-state index in [0.29, 0.717) is 12.1 Å². The Kier molecular flexibility index (Phi) is 3.35. The molecule has 3 unspecified atom stereocenters. The predicted molar refractivity (Wildman–Crippen MR) is 74.2 cm³/mol. The number of aliphatic imine (C=N–C) groups is 1. The molecule has 3 rings (SSSR count). The van der Waals surface area contributed by atoms with E-state index < -0.39 is 0 Å². The van der Waals surface area contributed by atoms with Crippen molar-refractivity contribution in [2.75, 3.05) is 6.54 Å². The highest BCUT2D eigenvalue weighted by Crippen LogP contribution is 2.41. The number of hydrazine groups is 1. The summed E-state index contributed by atoms with van der Waals surface area (Å²) >= 11 is 1.98. The van der Waals surface area contributed by atoms with E-state index in [1.54, 1.807) is 0 Å². The van der Waals surface area contributed by atoms with Crippen LogP contribution >= 0.6 is 11.8 Å². The number of rotatable bonds is 2. The maximum absolute atomic E-state index is 4.67. The second kappa shape index (κ2) is 4.81. The van der Waals surface area contributed by atoms with Crippen molar-refractivity contribution in [2.24, 2.45) is 10.9 Å². The average molecular weight is 253 g/mol. The van der Waals surface area contributed by atoms with Gasteiger partial charge in [0.25, 0.3) is 0 Å². The smallest absolute Gasteiger partial charge is 0.171 e. The zero-order valence-electron chi connectivity index (χ0n) is 10.9. The van der Waals surface area contributed by atoms with Gasteiger partial charge in [-0.25, -0.2) is 5.01 Å². The second-order valence-electron chi connectivity index (χ2n) is 5.79. The van der Waals surface area contributed by atoms with Crippen LogP contribution in [0.4, 0.5) is 0 Å². The molecule has 1 saturated heterocycles. The van der Waals surface area contributed by atoms with Crippen molar-refractivity contribution in [3.63, 3.8) is 0 Å². The number of amidine groups is 1. The minimum Gasteiger partial charge on any atom is -0.297 e. The average Bonchev–Trinajstić information content (AvgIpc) is 3.05. The van der Waals surface area contributed by atoms with Gasteiger partial charge in [-0.1, -0.05) is 18.2 Å².